The third kappa shape index (κ3) is 10.3. The van der Waals surface area contributed by atoms with Gasteiger partial charge in [-0.15, -0.1) is 0 Å². The smallest absolute Gasteiger partial charge is 0.315 e. The van der Waals surface area contributed by atoms with E-state index in [4.69, 9.17) is 10.8 Å². The molecule has 0 aromatic rings. The Labute approximate surface area is 98.9 Å². The molecule has 1 unspecified atom stereocenters. The quantitative estimate of drug-likeness (QED) is 0.376. The van der Waals surface area contributed by atoms with Gasteiger partial charge in [-0.05, 0) is 13.3 Å². The molecule has 0 bridgehead atoms. The van der Waals surface area contributed by atoms with Crippen LogP contribution in [0.25, 0.3) is 0 Å². The van der Waals surface area contributed by atoms with Gasteiger partial charge in [-0.25, -0.2) is 9.59 Å². The van der Waals surface area contributed by atoms with Crippen LogP contribution in [0.15, 0.2) is 0 Å². The molecule has 0 aromatic heterocycles. The van der Waals surface area contributed by atoms with E-state index in [1.165, 1.54) is 0 Å². The van der Waals surface area contributed by atoms with E-state index in [1.807, 2.05) is 0 Å². The Bertz CT molecular complexity index is 282. The van der Waals surface area contributed by atoms with E-state index in [2.05, 4.69) is 16.0 Å². The standard InChI is InChI=1S/C9H18N4O4/c1-6(2-3-7(14)15)13-9(17)12-5-4-11-8(10)16/h6H,2-5H2,1H3,(H,14,15)(H3,10,11,16)(H2,12,13,17). The zero-order valence-corrected chi connectivity index (χ0v) is 9.66. The summed E-state index contributed by atoms with van der Waals surface area (Å²) in [6.07, 6.45) is 0.368. The van der Waals surface area contributed by atoms with Crippen molar-refractivity contribution in [3.8, 4) is 0 Å². The van der Waals surface area contributed by atoms with Crippen molar-refractivity contribution in [1.82, 2.24) is 16.0 Å². The molecule has 0 rings (SSSR count). The highest BCUT2D eigenvalue weighted by Crippen LogP contribution is 1.95. The Morgan fingerprint density at radius 3 is 2.35 bits per heavy atom. The number of nitrogens with two attached hydrogens (primary N) is 1. The molecule has 1 atom stereocenters. The van der Waals surface area contributed by atoms with Crippen molar-refractivity contribution >= 4 is 18.0 Å². The van der Waals surface area contributed by atoms with E-state index >= 15 is 0 Å². The van der Waals surface area contributed by atoms with Crippen molar-refractivity contribution in [2.24, 2.45) is 5.73 Å². The van der Waals surface area contributed by atoms with Crippen LogP contribution in [0, 0.1) is 0 Å². The maximum absolute atomic E-state index is 11.2. The van der Waals surface area contributed by atoms with Gasteiger partial charge < -0.3 is 26.8 Å². The molecule has 0 radical (unpaired) electrons. The van der Waals surface area contributed by atoms with Crippen LogP contribution in [0.2, 0.25) is 0 Å². The number of urea groups is 2. The monoisotopic (exact) mass is 246 g/mol. The predicted octanol–water partition coefficient (Wildman–Crippen LogP) is -0.793. The molecular formula is C9H18N4O4. The summed E-state index contributed by atoms with van der Waals surface area (Å²) in [6, 6.07) is -1.29. The lowest BCUT2D eigenvalue weighted by atomic mass is 10.2. The topological polar surface area (TPSA) is 134 Å². The van der Waals surface area contributed by atoms with Crippen molar-refractivity contribution in [2.45, 2.75) is 25.8 Å². The summed E-state index contributed by atoms with van der Waals surface area (Å²) in [4.78, 5) is 31.8. The number of aliphatic carboxylic acids is 1. The van der Waals surface area contributed by atoms with E-state index < -0.39 is 18.0 Å². The number of primary amides is 1. The minimum Gasteiger partial charge on any atom is -0.481 e. The number of hydrogen-bond acceptors (Lipinski definition) is 3. The maximum Gasteiger partial charge on any atom is 0.315 e. The summed E-state index contributed by atoms with van der Waals surface area (Å²) in [5.74, 6) is -0.898. The molecule has 6 N–H and O–H groups in total. The summed E-state index contributed by atoms with van der Waals surface area (Å²) >= 11 is 0. The fourth-order valence-corrected chi connectivity index (χ4v) is 1.05. The lowest BCUT2D eigenvalue weighted by Gasteiger charge is -2.13. The van der Waals surface area contributed by atoms with Crippen LogP contribution < -0.4 is 21.7 Å². The molecule has 4 amide bonds. The molecule has 17 heavy (non-hydrogen) atoms. The van der Waals surface area contributed by atoms with Crippen molar-refractivity contribution in [2.75, 3.05) is 13.1 Å². The molecule has 0 fully saturated rings. The van der Waals surface area contributed by atoms with Gasteiger partial charge in [-0.3, -0.25) is 4.79 Å². The van der Waals surface area contributed by atoms with Crippen LogP contribution in [0.4, 0.5) is 9.59 Å². The van der Waals surface area contributed by atoms with E-state index in [0.29, 0.717) is 6.42 Å². The third-order valence-corrected chi connectivity index (χ3v) is 1.88. The highest BCUT2D eigenvalue weighted by Gasteiger charge is 2.08. The van der Waals surface area contributed by atoms with Crippen molar-refractivity contribution in [3.05, 3.63) is 0 Å². The normalized spacial score (nSPS) is 11.4. The van der Waals surface area contributed by atoms with Crippen LogP contribution in [-0.2, 0) is 4.79 Å². The fourth-order valence-electron chi connectivity index (χ4n) is 1.05. The van der Waals surface area contributed by atoms with Gasteiger partial charge in [0, 0.05) is 25.6 Å². The summed E-state index contributed by atoms with van der Waals surface area (Å²) in [5, 5.41) is 15.8. The molecule has 0 aliphatic carbocycles. The molecule has 98 valence electrons. The third-order valence-electron chi connectivity index (χ3n) is 1.88. The first-order valence-electron chi connectivity index (χ1n) is 5.21. The van der Waals surface area contributed by atoms with Crippen LogP contribution in [0.5, 0.6) is 0 Å². The second kappa shape index (κ2) is 8.20. The number of carbonyl (C=O) groups excluding carboxylic acids is 2. The summed E-state index contributed by atoms with van der Waals surface area (Å²) < 4.78 is 0. The number of hydrogen-bond donors (Lipinski definition) is 5. The Kier molecular flexibility index (Phi) is 7.24. The molecule has 0 aliphatic heterocycles. The second-order valence-corrected chi connectivity index (χ2v) is 3.52. The number of carboxylic acid groups (broad SMARTS) is 1. The first kappa shape index (κ1) is 15.0. The van der Waals surface area contributed by atoms with Gasteiger partial charge in [0.15, 0.2) is 0 Å². The highest BCUT2D eigenvalue weighted by molar-refractivity contribution is 5.74. The van der Waals surface area contributed by atoms with Crippen LogP contribution in [-0.4, -0.2) is 42.3 Å². The summed E-state index contributed by atoms with van der Waals surface area (Å²) in [6.45, 7) is 2.21. The molecule has 0 heterocycles. The Balaban J connectivity index is 3.57. The van der Waals surface area contributed by atoms with Crippen molar-refractivity contribution < 1.29 is 19.5 Å². The minimum absolute atomic E-state index is 0.00464. The first-order valence-corrected chi connectivity index (χ1v) is 5.21. The number of rotatable bonds is 7. The van der Waals surface area contributed by atoms with Gasteiger partial charge in [0.1, 0.15) is 0 Å². The molecule has 0 aliphatic rings. The molecule has 8 heteroatoms. The minimum atomic E-state index is -0.898. The average Bonchev–Trinajstić information content (AvgIpc) is 2.21. The van der Waals surface area contributed by atoms with Gasteiger partial charge in [0.25, 0.3) is 0 Å². The van der Waals surface area contributed by atoms with Crippen LogP contribution in [0.1, 0.15) is 19.8 Å². The number of nitrogens with one attached hydrogen (secondary N) is 3. The molecule has 0 saturated heterocycles. The summed E-state index contributed by atoms with van der Waals surface area (Å²) in [5.41, 5.74) is 4.82. The van der Waals surface area contributed by atoms with Gasteiger partial charge in [0.2, 0.25) is 0 Å². The molecular weight excluding hydrogens is 228 g/mol. The maximum atomic E-state index is 11.2. The largest absolute Gasteiger partial charge is 0.481 e. The van der Waals surface area contributed by atoms with E-state index in [9.17, 15) is 14.4 Å². The lowest BCUT2D eigenvalue weighted by molar-refractivity contribution is -0.137. The van der Waals surface area contributed by atoms with Gasteiger partial charge in [-0.2, -0.15) is 0 Å². The zero-order chi connectivity index (χ0) is 13.3. The number of carboxylic acids is 1. The Morgan fingerprint density at radius 1 is 1.24 bits per heavy atom. The first-order chi connectivity index (χ1) is 7.91. The van der Waals surface area contributed by atoms with Gasteiger partial charge in [0.05, 0.1) is 0 Å². The Hall–Kier alpha value is -1.99. The molecule has 0 aromatic carbocycles. The fraction of sp³-hybridized carbons (Fsp3) is 0.667. The zero-order valence-electron chi connectivity index (χ0n) is 9.66. The molecule has 0 saturated carbocycles. The molecule has 0 spiro atoms. The average molecular weight is 246 g/mol. The SMILES string of the molecule is CC(CCC(=O)O)NC(=O)NCCNC(N)=O. The predicted molar refractivity (Wildman–Crippen MR) is 60.5 cm³/mol. The Morgan fingerprint density at radius 2 is 1.82 bits per heavy atom. The van der Waals surface area contributed by atoms with Gasteiger partial charge >= 0.3 is 18.0 Å². The van der Waals surface area contributed by atoms with Gasteiger partial charge in [-0.1, -0.05) is 0 Å². The van der Waals surface area contributed by atoms with E-state index in [0.717, 1.165) is 0 Å². The van der Waals surface area contributed by atoms with Crippen LogP contribution in [0.3, 0.4) is 0 Å². The second-order valence-electron chi connectivity index (χ2n) is 3.52. The van der Waals surface area contributed by atoms with E-state index in [-0.39, 0.29) is 25.6 Å². The lowest BCUT2D eigenvalue weighted by Crippen LogP contribution is -2.44. The van der Waals surface area contributed by atoms with Crippen LogP contribution >= 0.6 is 0 Å². The van der Waals surface area contributed by atoms with E-state index in [1.54, 1.807) is 6.92 Å². The highest BCUT2D eigenvalue weighted by atomic mass is 16.4. The van der Waals surface area contributed by atoms with Crippen molar-refractivity contribution in [3.63, 3.8) is 0 Å². The molecule has 8 nitrogen and oxygen atoms in total. The van der Waals surface area contributed by atoms with Crippen molar-refractivity contribution in [1.29, 1.82) is 0 Å². The summed E-state index contributed by atoms with van der Waals surface area (Å²) in [7, 11) is 0. The number of amides is 4. The number of carbonyl (C=O) groups is 3.